The van der Waals surface area contributed by atoms with E-state index in [0.717, 1.165) is 0 Å². The summed E-state index contributed by atoms with van der Waals surface area (Å²) in [6, 6.07) is 12.1. The van der Waals surface area contributed by atoms with Gasteiger partial charge in [-0.25, -0.2) is 9.37 Å². The third-order valence-corrected chi connectivity index (χ3v) is 5.41. The van der Waals surface area contributed by atoms with E-state index in [4.69, 9.17) is 11.5 Å². The molecule has 1 atom stereocenters. The van der Waals surface area contributed by atoms with Crippen molar-refractivity contribution < 1.29 is 4.39 Å². The van der Waals surface area contributed by atoms with Gasteiger partial charge in [0.25, 0.3) is 5.56 Å². The summed E-state index contributed by atoms with van der Waals surface area (Å²) >= 11 is 3.40. The molecule has 9 nitrogen and oxygen atoms in total. The van der Waals surface area contributed by atoms with Crippen molar-refractivity contribution in [2.24, 2.45) is 0 Å². The van der Waals surface area contributed by atoms with Gasteiger partial charge in [-0.1, -0.05) is 12.1 Å². The Labute approximate surface area is 189 Å². The fourth-order valence-electron chi connectivity index (χ4n) is 3.34. The molecule has 11 heteroatoms. The van der Waals surface area contributed by atoms with Crippen LogP contribution in [0.4, 0.5) is 22.0 Å². The molecular weight excluding hydrogens is 479 g/mol. The number of hydrogen-bond donors (Lipinski definition) is 3. The summed E-state index contributed by atoms with van der Waals surface area (Å²) in [4.78, 5) is 26.0. The van der Waals surface area contributed by atoms with Crippen molar-refractivity contribution in [3.05, 3.63) is 74.5 Å². The Morgan fingerprint density at radius 1 is 1.19 bits per heavy atom. The Morgan fingerprint density at radius 3 is 2.66 bits per heavy atom. The van der Waals surface area contributed by atoms with Crippen LogP contribution in [-0.2, 0) is 0 Å². The van der Waals surface area contributed by atoms with Crippen LogP contribution in [0.3, 0.4) is 0 Å². The molecule has 0 amide bonds. The van der Waals surface area contributed by atoms with Gasteiger partial charge in [0.05, 0.1) is 22.6 Å². The molecule has 0 bridgehead atoms. The molecule has 0 spiro atoms. The van der Waals surface area contributed by atoms with E-state index >= 15 is 0 Å². The minimum atomic E-state index is -0.657. The minimum Gasteiger partial charge on any atom is -0.382 e. The van der Waals surface area contributed by atoms with Crippen LogP contribution in [-0.4, -0.2) is 19.5 Å². The second-order valence-electron chi connectivity index (χ2n) is 6.89. The molecule has 0 aliphatic rings. The predicted molar refractivity (Wildman–Crippen MR) is 123 cm³/mol. The van der Waals surface area contributed by atoms with Crippen molar-refractivity contribution in [2.75, 3.05) is 16.8 Å². The largest absolute Gasteiger partial charge is 0.382 e. The van der Waals surface area contributed by atoms with Gasteiger partial charge >= 0.3 is 0 Å². The Bertz CT molecular complexity index is 1460. The first-order chi connectivity index (χ1) is 15.3. The van der Waals surface area contributed by atoms with Crippen LogP contribution in [0.5, 0.6) is 0 Å². The first kappa shape index (κ1) is 21.2. The lowest BCUT2D eigenvalue weighted by Crippen LogP contribution is -2.28. The number of hydrogen-bond acceptors (Lipinski definition) is 8. The second-order valence-corrected chi connectivity index (χ2v) is 7.75. The molecule has 2 aromatic carbocycles. The molecule has 160 valence electrons. The molecule has 0 aliphatic carbocycles. The van der Waals surface area contributed by atoms with E-state index in [2.05, 4.69) is 36.2 Å². The average molecular weight is 495 g/mol. The van der Waals surface area contributed by atoms with Crippen LogP contribution in [0.15, 0.2) is 51.7 Å². The van der Waals surface area contributed by atoms with E-state index in [1.807, 2.05) is 6.07 Å². The minimum absolute atomic E-state index is 0.00855. The fourth-order valence-corrected chi connectivity index (χ4v) is 3.87. The SMILES string of the molecule is CC(Nc1nc(N)nc(N)c1C#N)c1nc2cccc(Br)c2c(=O)n1-c1cccc(F)c1. The summed E-state index contributed by atoms with van der Waals surface area (Å²) in [5, 5.41) is 12.8. The van der Waals surface area contributed by atoms with Crippen molar-refractivity contribution in [1.29, 1.82) is 5.26 Å². The summed E-state index contributed by atoms with van der Waals surface area (Å²) in [6.45, 7) is 1.72. The number of rotatable bonds is 4. The van der Waals surface area contributed by atoms with Gasteiger partial charge in [0.1, 0.15) is 29.1 Å². The third kappa shape index (κ3) is 3.72. The molecule has 4 aromatic rings. The first-order valence-corrected chi connectivity index (χ1v) is 10.2. The Kier molecular flexibility index (Phi) is 5.46. The van der Waals surface area contributed by atoms with Gasteiger partial charge in [-0.05, 0) is 53.2 Å². The van der Waals surface area contributed by atoms with Crippen LogP contribution in [0.25, 0.3) is 16.6 Å². The van der Waals surface area contributed by atoms with Crippen molar-refractivity contribution in [2.45, 2.75) is 13.0 Å². The van der Waals surface area contributed by atoms with E-state index in [1.165, 1.54) is 22.8 Å². The Balaban J connectivity index is 1.95. The van der Waals surface area contributed by atoms with E-state index < -0.39 is 11.9 Å². The van der Waals surface area contributed by atoms with Crippen LogP contribution >= 0.6 is 15.9 Å². The van der Waals surface area contributed by atoms with E-state index in [9.17, 15) is 14.4 Å². The zero-order valence-corrected chi connectivity index (χ0v) is 18.3. The predicted octanol–water partition coefficient (Wildman–Crippen LogP) is 3.29. The highest BCUT2D eigenvalue weighted by atomic mass is 79.9. The van der Waals surface area contributed by atoms with E-state index in [1.54, 1.807) is 31.2 Å². The Morgan fingerprint density at radius 2 is 1.94 bits per heavy atom. The maximum absolute atomic E-state index is 14.0. The number of halogens is 2. The van der Waals surface area contributed by atoms with Gasteiger partial charge in [0, 0.05) is 4.47 Å². The number of nitrogens with two attached hydrogens (primary N) is 2. The summed E-state index contributed by atoms with van der Waals surface area (Å²) in [7, 11) is 0. The summed E-state index contributed by atoms with van der Waals surface area (Å²) in [5.41, 5.74) is 11.8. The van der Waals surface area contributed by atoms with Gasteiger partial charge in [-0.15, -0.1) is 0 Å². The van der Waals surface area contributed by atoms with Crippen molar-refractivity contribution in [3.63, 3.8) is 0 Å². The number of benzene rings is 2. The second kappa shape index (κ2) is 8.24. The zero-order chi connectivity index (χ0) is 23.0. The third-order valence-electron chi connectivity index (χ3n) is 4.75. The molecule has 0 saturated carbocycles. The molecule has 5 N–H and O–H groups in total. The first-order valence-electron chi connectivity index (χ1n) is 9.37. The number of nitrogens with one attached hydrogen (secondary N) is 1. The average Bonchev–Trinajstić information content (AvgIpc) is 2.73. The fraction of sp³-hybridized carbons (Fsp3) is 0.0952. The van der Waals surface area contributed by atoms with Crippen LogP contribution < -0.4 is 22.3 Å². The molecule has 32 heavy (non-hydrogen) atoms. The maximum atomic E-state index is 14.0. The lowest BCUT2D eigenvalue weighted by atomic mass is 10.2. The molecule has 0 aliphatic heterocycles. The van der Waals surface area contributed by atoms with Crippen LogP contribution in [0, 0.1) is 17.1 Å². The highest BCUT2D eigenvalue weighted by Crippen LogP contribution is 2.27. The summed E-state index contributed by atoms with van der Waals surface area (Å²) < 4.78 is 15.9. The highest BCUT2D eigenvalue weighted by Gasteiger charge is 2.22. The summed E-state index contributed by atoms with van der Waals surface area (Å²) in [5.74, 6) is -0.330. The quantitative estimate of drug-likeness (QED) is 0.391. The molecule has 4 rings (SSSR count). The topological polar surface area (TPSA) is 149 Å². The van der Waals surface area contributed by atoms with Gasteiger partial charge in [-0.3, -0.25) is 9.36 Å². The number of aromatic nitrogens is 4. The van der Waals surface area contributed by atoms with Crippen LogP contribution in [0.1, 0.15) is 24.4 Å². The smallest absolute Gasteiger partial charge is 0.267 e. The number of nitrogen functional groups attached to an aromatic ring is 2. The van der Waals surface area contributed by atoms with E-state index in [0.29, 0.717) is 21.1 Å². The molecule has 0 fully saturated rings. The number of fused-ring (bicyclic) bond motifs is 1. The van der Waals surface area contributed by atoms with Crippen molar-refractivity contribution >= 4 is 44.4 Å². The van der Waals surface area contributed by atoms with Gasteiger partial charge < -0.3 is 16.8 Å². The van der Waals surface area contributed by atoms with Gasteiger partial charge in [0.15, 0.2) is 5.82 Å². The molecule has 2 aromatic heterocycles. The Hall–Kier alpha value is -4.04. The lowest BCUT2D eigenvalue weighted by Gasteiger charge is -2.21. The van der Waals surface area contributed by atoms with Crippen LogP contribution in [0.2, 0.25) is 0 Å². The molecule has 0 radical (unpaired) electrons. The normalized spacial score (nSPS) is 11.8. The maximum Gasteiger partial charge on any atom is 0.267 e. The van der Waals surface area contributed by atoms with E-state index in [-0.39, 0.29) is 34.5 Å². The number of nitrogens with zero attached hydrogens (tertiary/aromatic N) is 5. The monoisotopic (exact) mass is 494 g/mol. The highest BCUT2D eigenvalue weighted by molar-refractivity contribution is 9.10. The molecular formula is C21H16BrFN8O. The molecule has 1 unspecified atom stereocenters. The molecule has 0 saturated heterocycles. The standard InChI is InChI=1S/C21H16BrFN8O/c1-10(27-18-13(9-24)17(25)29-21(26)30-18)19-28-15-7-3-6-14(22)16(15)20(32)31(19)12-5-2-4-11(23)8-12/h2-8,10H,1H3,(H5,25,26,27,29,30). The lowest BCUT2D eigenvalue weighted by molar-refractivity contribution is 0.624. The van der Waals surface area contributed by atoms with Crippen molar-refractivity contribution in [3.8, 4) is 11.8 Å². The number of anilines is 3. The zero-order valence-electron chi connectivity index (χ0n) is 16.7. The van der Waals surface area contributed by atoms with Gasteiger partial charge in [0.2, 0.25) is 5.95 Å². The molecule has 2 heterocycles. The van der Waals surface area contributed by atoms with Gasteiger partial charge in [-0.2, -0.15) is 15.2 Å². The number of nitriles is 1. The van der Waals surface area contributed by atoms with Crippen molar-refractivity contribution in [1.82, 2.24) is 19.5 Å². The summed E-state index contributed by atoms with van der Waals surface area (Å²) in [6.07, 6.45) is 0.